The number of hydrogen-bond donors (Lipinski definition) is 3. The molecule has 1 aromatic rings. The first-order valence-electron chi connectivity index (χ1n) is 7.20. The van der Waals surface area contributed by atoms with Crippen LogP contribution in [0.15, 0.2) is 18.2 Å². The highest BCUT2D eigenvalue weighted by molar-refractivity contribution is 5.97. The highest BCUT2D eigenvalue weighted by Gasteiger charge is 2.14. The Balaban J connectivity index is 2.76. The van der Waals surface area contributed by atoms with Gasteiger partial charge in [-0.15, -0.1) is 0 Å². The first kappa shape index (κ1) is 17.2. The first-order valence-corrected chi connectivity index (χ1v) is 7.20. The van der Waals surface area contributed by atoms with Gasteiger partial charge in [0.05, 0.1) is 0 Å². The topological polar surface area (TPSA) is 84.2 Å². The Labute approximate surface area is 126 Å². The molecule has 5 heteroatoms. The SMILES string of the molecule is CCNC(=O)c1ccc(C)c(NC(=O)CCC(C)(C)N)c1. The van der Waals surface area contributed by atoms with Crippen molar-refractivity contribution in [1.29, 1.82) is 0 Å². The van der Waals surface area contributed by atoms with E-state index in [0.717, 1.165) is 5.56 Å². The van der Waals surface area contributed by atoms with E-state index >= 15 is 0 Å². The third-order valence-corrected chi connectivity index (χ3v) is 3.11. The quantitative estimate of drug-likeness (QED) is 0.751. The van der Waals surface area contributed by atoms with Gasteiger partial charge in [0.1, 0.15) is 0 Å². The van der Waals surface area contributed by atoms with Crippen LogP contribution < -0.4 is 16.4 Å². The molecule has 0 saturated heterocycles. The second-order valence-corrected chi connectivity index (χ2v) is 5.93. The van der Waals surface area contributed by atoms with Crippen LogP contribution in [0, 0.1) is 6.92 Å². The van der Waals surface area contributed by atoms with Crippen molar-refractivity contribution in [2.75, 3.05) is 11.9 Å². The van der Waals surface area contributed by atoms with E-state index in [0.29, 0.717) is 30.6 Å². The number of anilines is 1. The number of nitrogens with two attached hydrogens (primary N) is 1. The minimum Gasteiger partial charge on any atom is -0.352 e. The van der Waals surface area contributed by atoms with Gasteiger partial charge in [0, 0.05) is 29.8 Å². The maximum absolute atomic E-state index is 12.0. The molecule has 2 amide bonds. The lowest BCUT2D eigenvalue weighted by atomic mass is 10.00. The summed E-state index contributed by atoms with van der Waals surface area (Å²) in [5.41, 5.74) is 7.63. The minimum absolute atomic E-state index is 0.0929. The zero-order valence-corrected chi connectivity index (χ0v) is 13.2. The van der Waals surface area contributed by atoms with Crippen molar-refractivity contribution in [3.05, 3.63) is 29.3 Å². The Morgan fingerprint density at radius 2 is 1.95 bits per heavy atom. The van der Waals surface area contributed by atoms with Gasteiger partial charge in [0.2, 0.25) is 5.91 Å². The maximum atomic E-state index is 12.0. The largest absolute Gasteiger partial charge is 0.352 e. The standard InChI is InChI=1S/C16H25N3O2/c1-5-18-15(21)12-7-6-11(2)13(10-12)19-14(20)8-9-16(3,4)17/h6-7,10H,5,8-9,17H2,1-4H3,(H,18,21)(H,19,20). The van der Waals surface area contributed by atoms with Crippen molar-refractivity contribution < 1.29 is 9.59 Å². The number of amides is 2. The highest BCUT2D eigenvalue weighted by Crippen LogP contribution is 2.18. The summed E-state index contributed by atoms with van der Waals surface area (Å²) in [5.74, 6) is -0.235. The third kappa shape index (κ3) is 5.95. The molecule has 5 nitrogen and oxygen atoms in total. The summed E-state index contributed by atoms with van der Waals surface area (Å²) in [5, 5.41) is 5.58. The number of aryl methyl sites for hydroxylation is 1. The predicted molar refractivity (Wildman–Crippen MR) is 85.3 cm³/mol. The van der Waals surface area contributed by atoms with E-state index in [4.69, 9.17) is 5.73 Å². The fourth-order valence-corrected chi connectivity index (χ4v) is 1.81. The fourth-order valence-electron chi connectivity index (χ4n) is 1.81. The van der Waals surface area contributed by atoms with E-state index in [1.807, 2.05) is 33.8 Å². The van der Waals surface area contributed by atoms with E-state index < -0.39 is 0 Å². The van der Waals surface area contributed by atoms with Crippen LogP contribution in [-0.4, -0.2) is 23.9 Å². The van der Waals surface area contributed by atoms with E-state index in [1.54, 1.807) is 12.1 Å². The Morgan fingerprint density at radius 3 is 2.52 bits per heavy atom. The molecule has 1 aromatic carbocycles. The lowest BCUT2D eigenvalue weighted by molar-refractivity contribution is -0.116. The van der Waals surface area contributed by atoms with Crippen molar-refractivity contribution in [3.63, 3.8) is 0 Å². The number of benzene rings is 1. The van der Waals surface area contributed by atoms with Gasteiger partial charge in [-0.3, -0.25) is 9.59 Å². The second-order valence-electron chi connectivity index (χ2n) is 5.93. The summed E-state index contributed by atoms with van der Waals surface area (Å²) in [7, 11) is 0. The Bertz CT molecular complexity index is 519. The van der Waals surface area contributed by atoms with Crippen LogP contribution in [0.5, 0.6) is 0 Å². The molecular formula is C16H25N3O2. The molecule has 0 aliphatic carbocycles. The van der Waals surface area contributed by atoms with Gasteiger partial charge in [-0.25, -0.2) is 0 Å². The summed E-state index contributed by atoms with van der Waals surface area (Å²) >= 11 is 0. The van der Waals surface area contributed by atoms with Crippen LogP contribution in [0.4, 0.5) is 5.69 Å². The van der Waals surface area contributed by atoms with Crippen LogP contribution in [0.1, 0.15) is 49.5 Å². The van der Waals surface area contributed by atoms with Gasteiger partial charge < -0.3 is 16.4 Å². The predicted octanol–water partition coefficient (Wildman–Crippen LogP) is 2.20. The normalized spacial score (nSPS) is 11.1. The van der Waals surface area contributed by atoms with E-state index in [1.165, 1.54) is 0 Å². The molecule has 0 heterocycles. The number of hydrogen-bond acceptors (Lipinski definition) is 3. The van der Waals surface area contributed by atoms with Crippen LogP contribution in [-0.2, 0) is 4.79 Å². The van der Waals surface area contributed by atoms with Gasteiger partial charge >= 0.3 is 0 Å². The summed E-state index contributed by atoms with van der Waals surface area (Å²) < 4.78 is 0. The van der Waals surface area contributed by atoms with Crippen LogP contribution in [0.25, 0.3) is 0 Å². The monoisotopic (exact) mass is 291 g/mol. The fraction of sp³-hybridized carbons (Fsp3) is 0.500. The number of rotatable bonds is 6. The minimum atomic E-state index is -0.366. The molecule has 0 spiro atoms. The smallest absolute Gasteiger partial charge is 0.251 e. The van der Waals surface area contributed by atoms with Crippen molar-refractivity contribution in [1.82, 2.24) is 5.32 Å². The van der Waals surface area contributed by atoms with Gasteiger partial charge in [0.15, 0.2) is 0 Å². The number of nitrogens with one attached hydrogen (secondary N) is 2. The van der Waals surface area contributed by atoms with Gasteiger partial charge in [-0.05, 0) is 51.8 Å². The molecule has 116 valence electrons. The Hall–Kier alpha value is -1.88. The van der Waals surface area contributed by atoms with Crippen molar-refractivity contribution >= 4 is 17.5 Å². The molecule has 1 rings (SSSR count). The van der Waals surface area contributed by atoms with Crippen LogP contribution in [0.3, 0.4) is 0 Å². The molecule has 0 aliphatic heterocycles. The molecule has 0 atom stereocenters. The summed E-state index contributed by atoms with van der Waals surface area (Å²) in [6.45, 7) is 8.11. The van der Waals surface area contributed by atoms with Crippen LogP contribution >= 0.6 is 0 Å². The molecule has 0 unspecified atom stereocenters. The van der Waals surface area contributed by atoms with Crippen molar-refractivity contribution in [2.24, 2.45) is 5.73 Å². The molecular weight excluding hydrogens is 266 g/mol. The average molecular weight is 291 g/mol. The maximum Gasteiger partial charge on any atom is 0.251 e. The van der Waals surface area contributed by atoms with E-state index in [2.05, 4.69) is 10.6 Å². The Kier molecular flexibility index (Phi) is 5.90. The summed E-state index contributed by atoms with van der Waals surface area (Å²) in [6, 6.07) is 5.28. The number of carbonyl (C=O) groups excluding carboxylic acids is 2. The lowest BCUT2D eigenvalue weighted by Crippen LogP contribution is -2.33. The van der Waals surface area contributed by atoms with Crippen molar-refractivity contribution in [2.45, 2.75) is 46.1 Å². The third-order valence-electron chi connectivity index (χ3n) is 3.11. The van der Waals surface area contributed by atoms with Gasteiger partial charge in [0.25, 0.3) is 5.91 Å². The number of carbonyl (C=O) groups is 2. The molecule has 4 N–H and O–H groups in total. The summed E-state index contributed by atoms with van der Waals surface area (Å²) in [4.78, 5) is 23.8. The molecule has 0 radical (unpaired) electrons. The molecule has 0 saturated carbocycles. The van der Waals surface area contributed by atoms with Gasteiger partial charge in [-0.2, -0.15) is 0 Å². The van der Waals surface area contributed by atoms with E-state index in [9.17, 15) is 9.59 Å². The molecule has 0 bridgehead atoms. The summed E-state index contributed by atoms with van der Waals surface area (Å²) in [6.07, 6.45) is 0.961. The van der Waals surface area contributed by atoms with Gasteiger partial charge in [-0.1, -0.05) is 6.07 Å². The average Bonchev–Trinajstić information content (AvgIpc) is 2.38. The first-order chi connectivity index (χ1) is 9.73. The van der Waals surface area contributed by atoms with E-state index in [-0.39, 0.29) is 17.4 Å². The molecule has 21 heavy (non-hydrogen) atoms. The van der Waals surface area contributed by atoms with Crippen molar-refractivity contribution in [3.8, 4) is 0 Å². The van der Waals surface area contributed by atoms with Crippen LogP contribution in [0.2, 0.25) is 0 Å². The zero-order chi connectivity index (χ0) is 16.0. The Morgan fingerprint density at radius 1 is 1.29 bits per heavy atom. The lowest BCUT2D eigenvalue weighted by Gasteiger charge is -2.18. The highest BCUT2D eigenvalue weighted by atomic mass is 16.2. The zero-order valence-electron chi connectivity index (χ0n) is 13.2. The molecule has 0 fully saturated rings. The second kappa shape index (κ2) is 7.22. The molecule has 0 aliphatic rings. The molecule has 0 aromatic heterocycles.